The highest BCUT2D eigenvalue weighted by atomic mass is 32.1. The highest BCUT2D eigenvalue weighted by molar-refractivity contribution is 7.14. The number of benzene rings is 1. The number of nitrogens with zero attached hydrogens (tertiary/aromatic N) is 4. The first kappa shape index (κ1) is 20.3. The molecule has 6 rings (SSSR count). The number of carbonyl (C=O) groups is 1. The molecule has 1 atom stereocenters. The molecule has 0 spiro atoms. The van der Waals surface area contributed by atoms with Gasteiger partial charge in [0.25, 0.3) is 5.91 Å². The highest BCUT2D eigenvalue weighted by Crippen LogP contribution is 2.49. The monoisotopic (exact) mass is 455 g/mol. The average Bonchev–Trinajstić information content (AvgIpc) is 3.51. The first-order valence-electron chi connectivity index (χ1n) is 11.7. The molecule has 1 saturated carbocycles. The summed E-state index contributed by atoms with van der Waals surface area (Å²) in [5.41, 5.74) is 5.20. The Morgan fingerprint density at radius 1 is 0.939 bits per heavy atom. The number of anilines is 1. The van der Waals surface area contributed by atoms with Crippen LogP contribution in [0.3, 0.4) is 0 Å². The maximum absolute atomic E-state index is 13.7. The molecule has 1 fully saturated rings. The van der Waals surface area contributed by atoms with Crippen molar-refractivity contribution in [1.29, 1.82) is 0 Å². The summed E-state index contributed by atoms with van der Waals surface area (Å²) < 4.78 is 0. The van der Waals surface area contributed by atoms with Crippen LogP contribution in [-0.4, -0.2) is 26.1 Å². The SMILES string of the molecule is O=C1c2[nH]nc(-c3ccccc3)c2C(C2CCCCCC2)N1c1nc(-c2ccccn2)cs1. The smallest absolute Gasteiger partial charge is 0.275 e. The number of thiazole rings is 1. The quantitative estimate of drug-likeness (QED) is 0.368. The Hall–Kier alpha value is -3.32. The molecule has 1 amide bonds. The number of rotatable bonds is 4. The fourth-order valence-corrected chi connectivity index (χ4v) is 6.13. The van der Waals surface area contributed by atoms with Crippen molar-refractivity contribution in [2.45, 2.75) is 44.6 Å². The number of amides is 1. The number of hydrogen-bond acceptors (Lipinski definition) is 5. The Bertz CT molecular complexity index is 1260. The normalized spacial score (nSPS) is 19.0. The minimum Gasteiger partial charge on any atom is -0.275 e. The van der Waals surface area contributed by atoms with Crippen LogP contribution in [0, 0.1) is 5.92 Å². The van der Waals surface area contributed by atoms with Crippen LogP contribution in [0.25, 0.3) is 22.6 Å². The molecule has 3 aromatic heterocycles. The summed E-state index contributed by atoms with van der Waals surface area (Å²) in [6.45, 7) is 0. The van der Waals surface area contributed by atoms with Gasteiger partial charge in [0.1, 0.15) is 11.4 Å². The van der Waals surface area contributed by atoms with Gasteiger partial charge in [-0.15, -0.1) is 11.3 Å². The van der Waals surface area contributed by atoms with Gasteiger partial charge >= 0.3 is 0 Å². The van der Waals surface area contributed by atoms with E-state index in [0.29, 0.717) is 11.6 Å². The molecule has 6 nitrogen and oxygen atoms in total. The highest BCUT2D eigenvalue weighted by Gasteiger charge is 2.46. The topological polar surface area (TPSA) is 74.8 Å². The third kappa shape index (κ3) is 3.56. The largest absolute Gasteiger partial charge is 0.279 e. The van der Waals surface area contributed by atoms with Crippen molar-refractivity contribution >= 4 is 22.4 Å². The first-order chi connectivity index (χ1) is 16.3. The fourth-order valence-electron chi connectivity index (χ4n) is 5.28. The van der Waals surface area contributed by atoms with Crippen molar-refractivity contribution in [1.82, 2.24) is 20.2 Å². The van der Waals surface area contributed by atoms with E-state index in [4.69, 9.17) is 4.98 Å². The summed E-state index contributed by atoms with van der Waals surface area (Å²) in [7, 11) is 0. The van der Waals surface area contributed by atoms with Crippen LogP contribution in [0.1, 0.15) is 60.6 Å². The van der Waals surface area contributed by atoms with Gasteiger partial charge in [0.2, 0.25) is 0 Å². The zero-order valence-electron chi connectivity index (χ0n) is 18.3. The lowest BCUT2D eigenvalue weighted by atomic mass is 9.86. The van der Waals surface area contributed by atoms with Gasteiger partial charge in [-0.2, -0.15) is 5.10 Å². The Labute approximate surface area is 196 Å². The predicted molar refractivity (Wildman–Crippen MR) is 130 cm³/mol. The van der Waals surface area contributed by atoms with Crippen molar-refractivity contribution in [2.24, 2.45) is 5.92 Å². The van der Waals surface area contributed by atoms with Crippen molar-refractivity contribution in [3.63, 3.8) is 0 Å². The number of aromatic nitrogens is 4. The molecule has 4 heterocycles. The molecular weight excluding hydrogens is 430 g/mol. The van der Waals surface area contributed by atoms with Gasteiger partial charge in [-0.1, -0.05) is 62.1 Å². The van der Waals surface area contributed by atoms with Crippen LogP contribution < -0.4 is 4.90 Å². The molecule has 7 heteroatoms. The maximum Gasteiger partial charge on any atom is 0.279 e. The second-order valence-electron chi connectivity index (χ2n) is 8.83. The Morgan fingerprint density at radius 3 is 2.48 bits per heavy atom. The number of hydrogen-bond donors (Lipinski definition) is 1. The van der Waals surface area contributed by atoms with Gasteiger partial charge in [-0.25, -0.2) is 4.98 Å². The molecule has 0 bridgehead atoms. The van der Waals surface area contributed by atoms with E-state index in [1.807, 2.05) is 46.7 Å². The molecule has 1 aliphatic carbocycles. The van der Waals surface area contributed by atoms with E-state index in [9.17, 15) is 4.79 Å². The Morgan fingerprint density at radius 2 is 1.73 bits per heavy atom. The lowest BCUT2D eigenvalue weighted by Crippen LogP contribution is -2.33. The number of aromatic amines is 1. The number of nitrogens with one attached hydrogen (secondary N) is 1. The number of carbonyl (C=O) groups excluding carboxylic acids is 1. The molecule has 1 aliphatic heterocycles. The summed E-state index contributed by atoms with van der Waals surface area (Å²) in [5, 5.41) is 10.4. The molecule has 1 unspecified atom stereocenters. The van der Waals surface area contributed by atoms with Crippen molar-refractivity contribution in [3.05, 3.63) is 71.4 Å². The Kier molecular flexibility index (Phi) is 5.26. The van der Waals surface area contributed by atoms with Crippen LogP contribution in [0.5, 0.6) is 0 Å². The van der Waals surface area contributed by atoms with Crippen LogP contribution in [0.15, 0.2) is 60.1 Å². The third-order valence-corrected chi connectivity index (χ3v) is 7.67. The van der Waals surface area contributed by atoms with E-state index >= 15 is 0 Å². The second kappa shape index (κ2) is 8.56. The van der Waals surface area contributed by atoms with E-state index in [-0.39, 0.29) is 11.9 Å². The molecule has 0 saturated heterocycles. The van der Waals surface area contributed by atoms with Crippen molar-refractivity contribution in [2.75, 3.05) is 4.90 Å². The van der Waals surface area contributed by atoms with Gasteiger partial charge in [0.15, 0.2) is 5.13 Å². The third-order valence-electron chi connectivity index (χ3n) is 6.83. The average molecular weight is 456 g/mol. The Balaban J connectivity index is 1.46. The van der Waals surface area contributed by atoms with Gasteiger partial charge in [-0.05, 0) is 30.9 Å². The molecule has 1 N–H and O–H groups in total. The van der Waals surface area contributed by atoms with Gasteiger partial charge in [-0.3, -0.25) is 19.8 Å². The fraction of sp³-hybridized carbons (Fsp3) is 0.308. The van der Waals surface area contributed by atoms with Crippen LogP contribution in [-0.2, 0) is 0 Å². The van der Waals surface area contributed by atoms with Gasteiger partial charge in [0.05, 0.1) is 17.4 Å². The molecule has 2 aliphatic rings. The lowest BCUT2D eigenvalue weighted by Gasteiger charge is -2.30. The van der Waals surface area contributed by atoms with Gasteiger partial charge in [0, 0.05) is 22.7 Å². The van der Waals surface area contributed by atoms with Crippen molar-refractivity contribution in [3.8, 4) is 22.6 Å². The van der Waals surface area contributed by atoms with E-state index in [1.54, 1.807) is 6.20 Å². The summed E-state index contributed by atoms with van der Waals surface area (Å²) in [4.78, 5) is 25.0. The van der Waals surface area contributed by atoms with Crippen LogP contribution in [0.4, 0.5) is 5.13 Å². The first-order valence-corrected chi connectivity index (χ1v) is 12.5. The molecule has 0 radical (unpaired) electrons. The summed E-state index contributed by atoms with van der Waals surface area (Å²) in [6.07, 6.45) is 8.94. The lowest BCUT2D eigenvalue weighted by molar-refractivity contribution is 0.0979. The maximum atomic E-state index is 13.7. The summed E-state index contributed by atoms with van der Waals surface area (Å²) in [5.74, 6) is 0.357. The number of fused-ring (bicyclic) bond motifs is 1. The molecule has 1 aromatic carbocycles. The summed E-state index contributed by atoms with van der Waals surface area (Å²) >= 11 is 1.51. The number of H-pyrrole nitrogens is 1. The van der Waals surface area contributed by atoms with Crippen LogP contribution >= 0.6 is 11.3 Å². The van der Waals surface area contributed by atoms with E-state index in [2.05, 4.69) is 27.3 Å². The van der Waals surface area contributed by atoms with E-state index < -0.39 is 0 Å². The minimum atomic E-state index is -0.0534. The second-order valence-corrected chi connectivity index (χ2v) is 9.67. The molecule has 4 aromatic rings. The molecular formula is C26H25N5OS. The molecule has 166 valence electrons. The van der Waals surface area contributed by atoms with Crippen LogP contribution in [0.2, 0.25) is 0 Å². The predicted octanol–water partition coefficient (Wildman–Crippen LogP) is 6.27. The van der Waals surface area contributed by atoms with E-state index in [0.717, 1.165) is 46.2 Å². The van der Waals surface area contributed by atoms with Gasteiger partial charge < -0.3 is 0 Å². The standard InChI is InChI=1S/C26H25N5OS/c32-25-23-21(22(29-30-23)17-10-6-3-7-11-17)24(18-12-4-1-2-5-13-18)31(25)26-28-20(16-33-26)19-14-8-9-15-27-19/h3,6-11,14-16,18,24H,1-2,4-5,12-13H2,(H,29,30). The zero-order valence-corrected chi connectivity index (χ0v) is 19.1. The molecule has 33 heavy (non-hydrogen) atoms. The zero-order chi connectivity index (χ0) is 22.2. The number of pyridine rings is 1. The minimum absolute atomic E-state index is 0.0316. The van der Waals surface area contributed by atoms with Crippen molar-refractivity contribution < 1.29 is 4.79 Å². The summed E-state index contributed by atoms with van der Waals surface area (Å²) in [6, 6.07) is 15.9. The van der Waals surface area contributed by atoms with E-state index in [1.165, 1.54) is 37.0 Å².